The maximum Gasteiger partial charge on any atom is 0.337 e. The standard InChI is InChI=1S/C27H21N3O3/c1-33-27(32)20-9-7-8-19(14-20)17-30-18-22(24-12-5-6-13-25(24)30)15-21(16-28)26(31)29-23-10-3-2-4-11-23/h2-15,18H,17H2,1H3,(H,29,31). The van der Waals surface area contributed by atoms with Gasteiger partial charge in [0.05, 0.1) is 12.7 Å². The van der Waals surface area contributed by atoms with Crippen molar-refractivity contribution in [1.29, 1.82) is 5.26 Å². The zero-order valence-electron chi connectivity index (χ0n) is 18.0. The van der Waals surface area contributed by atoms with Gasteiger partial charge in [-0.15, -0.1) is 0 Å². The van der Waals surface area contributed by atoms with Crippen molar-refractivity contribution in [2.45, 2.75) is 6.54 Å². The van der Waals surface area contributed by atoms with Crippen LogP contribution in [-0.4, -0.2) is 23.6 Å². The number of carbonyl (C=O) groups is 2. The molecule has 1 aromatic heterocycles. The molecule has 0 atom stereocenters. The van der Waals surface area contributed by atoms with Crippen LogP contribution >= 0.6 is 0 Å². The molecule has 4 aromatic rings. The minimum absolute atomic E-state index is 0.00875. The Bertz CT molecular complexity index is 1400. The van der Waals surface area contributed by atoms with Crippen LogP contribution < -0.4 is 5.32 Å². The van der Waals surface area contributed by atoms with Crippen LogP contribution in [0.15, 0.2) is 90.6 Å². The van der Waals surface area contributed by atoms with E-state index in [4.69, 9.17) is 4.74 Å². The van der Waals surface area contributed by atoms with Gasteiger partial charge in [0, 0.05) is 34.9 Å². The Kier molecular flexibility index (Phi) is 6.33. The summed E-state index contributed by atoms with van der Waals surface area (Å²) in [5.41, 5.74) is 3.75. The Hall–Kier alpha value is -4.63. The quantitative estimate of drug-likeness (QED) is 0.262. The van der Waals surface area contributed by atoms with Crippen LogP contribution in [0.1, 0.15) is 21.5 Å². The number of nitriles is 1. The summed E-state index contributed by atoms with van der Waals surface area (Å²) in [6, 6.07) is 26.1. The van der Waals surface area contributed by atoms with Gasteiger partial charge in [-0.2, -0.15) is 5.26 Å². The van der Waals surface area contributed by atoms with Gasteiger partial charge in [0.25, 0.3) is 5.91 Å². The average Bonchev–Trinajstić information content (AvgIpc) is 3.19. The van der Waals surface area contributed by atoms with Crippen LogP contribution in [0.5, 0.6) is 0 Å². The third-order valence-corrected chi connectivity index (χ3v) is 5.22. The molecule has 1 N–H and O–H groups in total. The summed E-state index contributed by atoms with van der Waals surface area (Å²) < 4.78 is 6.84. The largest absolute Gasteiger partial charge is 0.465 e. The van der Waals surface area contributed by atoms with Gasteiger partial charge in [-0.1, -0.05) is 48.5 Å². The molecule has 1 heterocycles. The maximum absolute atomic E-state index is 12.7. The van der Waals surface area contributed by atoms with E-state index in [9.17, 15) is 14.9 Å². The van der Waals surface area contributed by atoms with Crippen molar-refractivity contribution in [3.05, 3.63) is 107 Å². The van der Waals surface area contributed by atoms with E-state index in [0.29, 0.717) is 17.8 Å². The molecule has 0 aliphatic heterocycles. The molecule has 0 unspecified atom stereocenters. The monoisotopic (exact) mass is 435 g/mol. The van der Waals surface area contributed by atoms with Crippen LogP contribution in [0, 0.1) is 11.3 Å². The van der Waals surface area contributed by atoms with E-state index < -0.39 is 5.91 Å². The molecule has 0 spiro atoms. The molecule has 0 saturated carbocycles. The Morgan fingerprint density at radius 3 is 2.55 bits per heavy atom. The van der Waals surface area contributed by atoms with E-state index in [1.54, 1.807) is 30.3 Å². The van der Waals surface area contributed by atoms with E-state index in [2.05, 4.69) is 5.32 Å². The number of aromatic nitrogens is 1. The van der Waals surface area contributed by atoms with Crippen LogP contribution in [0.25, 0.3) is 17.0 Å². The van der Waals surface area contributed by atoms with Gasteiger partial charge in [-0.3, -0.25) is 4.79 Å². The van der Waals surface area contributed by atoms with Crippen LogP contribution in [0.4, 0.5) is 5.69 Å². The Morgan fingerprint density at radius 2 is 1.79 bits per heavy atom. The second-order valence-corrected chi connectivity index (χ2v) is 7.41. The minimum Gasteiger partial charge on any atom is -0.465 e. The summed E-state index contributed by atoms with van der Waals surface area (Å²) in [6.45, 7) is 0.511. The highest BCUT2D eigenvalue weighted by molar-refractivity contribution is 6.10. The third-order valence-electron chi connectivity index (χ3n) is 5.22. The molecule has 6 nitrogen and oxygen atoms in total. The highest BCUT2D eigenvalue weighted by atomic mass is 16.5. The first-order valence-corrected chi connectivity index (χ1v) is 10.3. The summed E-state index contributed by atoms with van der Waals surface area (Å²) in [5.74, 6) is -0.854. The van der Waals surface area contributed by atoms with Gasteiger partial charge >= 0.3 is 5.97 Å². The van der Waals surface area contributed by atoms with E-state index in [0.717, 1.165) is 22.0 Å². The summed E-state index contributed by atoms with van der Waals surface area (Å²) in [7, 11) is 1.35. The molecular weight excluding hydrogens is 414 g/mol. The molecule has 0 aliphatic rings. The SMILES string of the molecule is COC(=O)c1cccc(Cn2cc(C=C(C#N)C(=O)Nc3ccccc3)c3ccccc32)c1. The van der Waals surface area contributed by atoms with Crippen molar-refractivity contribution < 1.29 is 14.3 Å². The highest BCUT2D eigenvalue weighted by Crippen LogP contribution is 2.25. The van der Waals surface area contributed by atoms with Gasteiger partial charge in [0.2, 0.25) is 0 Å². The second kappa shape index (κ2) is 9.67. The fourth-order valence-electron chi connectivity index (χ4n) is 3.66. The number of fused-ring (bicyclic) bond motifs is 1. The van der Waals surface area contributed by atoms with Crippen LogP contribution in [-0.2, 0) is 16.1 Å². The number of hydrogen-bond acceptors (Lipinski definition) is 4. The Morgan fingerprint density at radius 1 is 1.03 bits per heavy atom. The second-order valence-electron chi connectivity index (χ2n) is 7.41. The van der Waals surface area contributed by atoms with Crippen molar-refractivity contribution >= 4 is 34.5 Å². The lowest BCUT2D eigenvalue weighted by molar-refractivity contribution is -0.112. The first-order chi connectivity index (χ1) is 16.1. The predicted octanol–water partition coefficient (Wildman–Crippen LogP) is 5.02. The van der Waals surface area contributed by atoms with E-state index in [1.165, 1.54) is 7.11 Å². The number of nitrogens with zero attached hydrogens (tertiary/aromatic N) is 2. The average molecular weight is 435 g/mol. The van der Waals surface area contributed by atoms with Gasteiger partial charge in [-0.25, -0.2) is 4.79 Å². The fraction of sp³-hybridized carbons (Fsp3) is 0.0741. The molecule has 6 heteroatoms. The summed E-state index contributed by atoms with van der Waals surface area (Å²) >= 11 is 0. The molecule has 0 aliphatic carbocycles. The number of esters is 1. The van der Waals surface area contributed by atoms with E-state index >= 15 is 0 Å². The van der Waals surface area contributed by atoms with Gasteiger partial charge in [0.15, 0.2) is 0 Å². The normalized spacial score (nSPS) is 11.1. The molecule has 3 aromatic carbocycles. The predicted molar refractivity (Wildman–Crippen MR) is 127 cm³/mol. The van der Waals surface area contributed by atoms with Gasteiger partial charge in [-0.05, 0) is 42.0 Å². The number of nitrogens with one attached hydrogen (secondary N) is 1. The molecule has 33 heavy (non-hydrogen) atoms. The first kappa shape index (κ1) is 21.6. The number of para-hydroxylation sites is 2. The zero-order chi connectivity index (χ0) is 23.2. The van der Waals surface area contributed by atoms with Crippen molar-refractivity contribution in [3.8, 4) is 6.07 Å². The number of benzene rings is 3. The fourth-order valence-corrected chi connectivity index (χ4v) is 3.66. The molecule has 162 valence electrons. The lowest BCUT2D eigenvalue weighted by Gasteiger charge is -2.07. The molecule has 0 saturated heterocycles. The third kappa shape index (κ3) is 4.83. The van der Waals surface area contributed by atoms with Crippen LogP contribution in [0.2, 0.25) is 0 Å². The molecule has 1 amide bonds. The highest BCUT2D eigenvalue weighted by Gasteiger charge is 2.13. The van der Waals surface area contributed by atoms with Crippen molar-refractivity contribution in [2.24, 2.45) is 0 Å². The number of hydrogen-bond donors (Lipinski definition) is 1. The topological polar surface area (TPSA) is 84.1 Å². The van der Waals surface area contributed by atoms with Crippen molar-refractivity contribution in [1.82, 2.24) is 4.57 Å². The first-order valence-electron chi connectivity index (χ1n) is 10.3. The Balaban J connectivity index is 1.68. The van der Waals surface area contributed by atoms with Gasteiger partial charge < -0.3 is 14.6 Å². The maximum atomic E-state index is 12.7. The number of anilines is 1. The Labute approximate surface area is 191 Å². The molecule has 0 bridgehead atoms. The zero-order valence-corrected chi connectivity index (χ0v) is 18.0. The lowest BCUT2D eigenvalue weighted by Crippen LogP contribution is -2.13. The number of amides is 1. The molecule has 4 rings (SSSR count). The van der Waals surface area contributed by atoms with Crippen LogP contribution in [0.3, 0.4) is 0 Å². The number of carbonyl (C=O) groups excluding carboxylic acids is 2. The smallest absolute Gasteiger partial charge is 0.337 e. The lowest BCUT2D eigenvalue weighted by atomic mass is 10.1. The minimum atomic E-state index is -0.466. The molecule has 0 fully saturated rings. The molecule has 0 radical (unpaired) electrons. The van der Waals surface area contributed by atoms with E-state index in [-0.39, 0.29) is 11.5 Å². The number of methoxy groups -OCH3 is 1. The van der Waals surface area contributed by atoms with Crippen molar-refractivity contribution in [3.63, 3.8) is 0 Å². The summed E-state index contributed by atoms with van der Waals surface area (Å²) in [6.07, 6.45) is 3.50. The number of ether oxygens (including phenoxy) is 1. The summed E-state index contributed by atoms with van der Waals surface area (Å²) in [5, 5.41) is 13.3. The van der Waals surface area contributed by atoms with Crippen molar-refractivity contribution in [2.75, 3.05) is 12.4 Å². The number of rotatable bonds is 6. The summed E-state index contributed by atoms with van der Waals surface area (Å²) in [4.78, 5) is 24.5. The van der Waals surface area contributed by atoms with Gasteiger partial charge in [0.1, 0.15) is 11.6 Å². The molecular formula is C27H21N3O3. The van der Waals surface area contributed by atoms with E-state index in [1.807, 2.05) is 71.4 Å².